The Bertz CT molecular complexity index is 575. The molecular formula is C18H24N2O. The Morgan fingerprint density at radius 3 is 2.48 bits per heavy atom. The van der Waals surface area contributed by atoms with Crippen LogP contribution in [0.5, 0.6) is 5.75 Å². The van der Waals surface area contributed by atoms with E-state index in [1.165, 1.54) is 11.1 Å². The second kappa shape index (κ2) is 7.23. The fraction of sp³-hybridized carbons (Fsp3) is 0.389. The lowest BCUT2D eigenvalue weighted by Gasteiger charge is -2.19. The lowest BCUT2D eigenvalue weighted by atomic mass is 9.98. The van der Waals surface area contributed by atoms with Gasteiger partial charge < -0.3 is 10.1 Å². The van der Waals surface area contributed by atoms with Crippen molar-refractivity contribution < 1.29 is 4.74 Å². The van der Waals surface area contributed by atoms with E-state index in [4.69, 9.17) is 4.74 Å². The minimum absolute atomic E-state index is 0.294. The van der Waals surface area contributed by atoms with Crippen molar-refractivity contribution in [3.63, 3.8) is 0 Å². The number of hydrogen-bond donors (Lipinski definition) is 1. The zero-order chi connectivity index (χ0) is 15.2. The highest BCUT2D eigenvalue weighted by Crippen LogP contribution is 2.22. The Kier molecular flexibility index (Phi) is 5.34. The van der Waals surface area contributed by atoms with E-state index in [0.29, 0.717) is 6.04 Å². The van der Waals surface area contributed by atoms with E-state index in [-0.39, 0.29) is 0 Å². The van der Waals surface area contributed by atoms with Crippen molar-refractivity contribution in [3.8, 4) is 5.75 Å². The number of hydrogen-bond acceptors (Lipinski definition) is 3. The van der Waals surface area contributed by atoms with Crippen LogP contribution in [0.3, 0.4) is 0 Å². The number of aryl methyl sites for hydroxylation is 2. The van der Waals surface area contributed by atoms with E-state index in [9.17, 15) is 0 Å². The number of nitrogens with one attached hydrogen (secondary N) is 1. The van der Waals surface area contributed by atoms with Gasteiger partial charge in [0.15, 0.2) is 0 Å². The van der Waals surface area contributed by atoms with Gasteiger partial charge in [0.25, 0.3) is 0 Å². The quantitative estimate of drug-likeness (QED) is 0.880. The Hall–Kier alpha value is -1.87. The van der Waals surface area contributed by atoms with E-state index in [1.54, 1.807) is 7.11 Å². The first-order valence-electron chi connectivity index (χ1n) is 7.44. The van der Waals surface area contributed by atoms with Crippen LogP contribution in [0, 0.1) is 13.8 Å². The van der Waals surface area contributed by atoms with Crippen molar-refractivity contribution in [2.24, 2.45) is 0 Å². The highest BCUT2D eigenvalue weighted by Gasteiger charge is 2.13. The van der Waals surface area contributed by atoms with Gasteiger partial charge in [0.2, 0.25) is 0 Å². The molecule has 1 atom stereocenters. The highest BCUT2D eigenvalue weighted by atomic mass is 16.5. The Morgan fingerprint density at radius 1 is 1.14 bits per heavy atom. The molecule has 3 heteroatoms. The monoisotopic (exact) mass is 284 g/mol. The largest absolute Gasteiger partial charge is 0.497 e. The molecule has 0 amide bonds. The Balaban J connectivity index is 2.25. The number of nitrogens with zero attached hydrogens (tertiary/aromatic N) is 1. The molecule has 2 rings (SSSR count). The van der Waals surface area contributed by atoms with Crippen LogP contribution in [-0.2, 0) is 6.42 Å². The normalized spacial score (nSPS) is 12.2. The summed E-state index contributed by atoms with van der Waals surface area (Å²) in [4.78, 5) is 4.46. The summed E-state index contributed by atoms with van der Waals surface area (Å²) in [5.74, 6) is 0.907. The maximum absolute atomic E-state index is 5.31. The summed E-state index contributed by atoms with van der Waals surface area (Å²) in [6.45, 7) is 7.17. The van der Waals surface area contributed by atoms with Gasteiger partial charge in [0, 0.05) is 17.4 Å². The molecule has 0 saturated heterocycles. The molecule has 1 N–H and O–H groups in total. The van der Waals surface area contributed by atoms with E-state index >= 15 is 0 Å². The van der Waals surface area contributed by atoms with Gasteiger partial charge in [0.05, 0.1) is 7.11 Å². The third kappa shape index (κ3) is 4.30. The summed E-state index contributed by atoms with van der Waals surface area (Å²) in [5, 5.41) is 3.57. The lowest BCUT2D eigenvalue weighted by molar-refractivity contribution is 0.414. The number of methoxy groups -OCH3 is 1. The van der Waals surface area contributed by atoms with Gasteiger partial charge >= 0.3 is 0 Å². The molecule has 0 aliphatic carbocycles. The molecule has 0 bridgehead atoms. The fourth-order valence-corrected chi connectivity index (χ4v) is 2.66. The van der Waals surface area contributed by atoms with Crippen LogP contribution in [0.2, 0.25) is 0 Å². The summed E-state index contributed by atoms with van der Waals surface area (Å²) < 4.78 is 5.31. The number of likely N-dealkylation sites (N-methyl/N-ethyl adjacent to an activating group) is 1. The van der Waals surface area contributed by atoms with E-state index in [0.717, 1.165) is 30.1 Å². The van der Waals surface area contributed by atoms with Crippen molar-refractivity contribution in [1.82, 2.24) is 10.3 Å². The maximum atomic E-state index is 5.31. The van der Waals surface area contributed by atoms with Crippen LogP contribution < -0.4 is 10.1 Å². The third-order valence-electron chi connectivity index (χ3n) is 3.53. The molecule has 0 radical (unpaired) electrons. The summed E-state index contributed by atoms with van der Waals surface area (Å²) in [7, 11) is 1.70. The molecule has 1 heterocycles. The first-order valence-corrected chi connectivity index (χ1v) is 7.44. The second-order valence-electron chi connectivity index (χ2n) is 5.35. The number of rotatable bonds is 6. The molecule has 2 aromatic rings. The smallest absolute Gasteiger partial charge is 0.119 e. The van der Waals surface area contributed by atoms with Crippen LogP contribution >= 0.6 is 0 Å². The predicted octanol–water partition coefficient (Wildman–Crippen LogP) is 3.60. The topological polar surface area (TPSA) is 34.1 Å². The van der Waals surface area contributed by atoms with Gasteiger partial charge in [-0.15, -0.1) is 0 Å². The molecule has 1 aromatic heterocycles. The molecule has 0 spiro atoms. The molecule has 1 unspecified atom stereocenters. The van der Waals surface area contributed by atoms with Gasteiger partial charge in [-0.25, -0.2) is 0 Å². The Labute approximate surface area is 127 Å². The minimum atomic E-state index is 0.294. The zero-order valence-electron chi connectivity index (χ0n) is 13.3. The van der Waals surface area contributed by atoms with E-state index in [1.807, 2.05) is 26.0 Å². The average Bonchev–Trinajstić information content (AvgIpc) is 2.46. The van der Waals surface area contributed by atoms with Crippen LogP contribution in [0.15, 0.2) is 36.4 Å². The maximum Gasteiger partial charge on any atom is 0.119 e. The number of pyridine rings is 1. The molecular weight excluding hydrogens is 260 g/mol. The number of aromatic nitrogens is 1. The lowest BCUT2D eigenvalue weighted by Crippen LogP contribution is -2.23. The van der Waals surface area contributed by atoms with Gasteiger partial charge in [-0.05, 0) is 62.2 Å². The van der Waals surface area contributed by atoms with Crippen LogP contribution in [-0.4, -0.2) is 18.6 Å². The molecule has 21 heavy (non-hydrogen) atoms. The van der Waals surface area contributed by atoms with E-state index < -0.39 is 0 Å². The second-order valence-corrected chi connectivity index (χ2v) is 5.35. The average molecular weight is 284 g/mol. The summed E-state index contributed by atoms with van der Waals surface area (Å²) >= 11 is 0. The zero-order valence-corrected chi connectivity index (χ0v) is 13.3. The predicted molar refractivity (Wildman–Crippen MR) is 86.8 cm³/mol. The Morgan fingerprint density at radius 2 is 1.86 bits per heavy atom. The molecule has 3 nitrogen and oxygen atoms in total. The molecule has 0 fully saturated rings. The molecule has 0 saturated carbocycles. The standard InChI is InChI=1S/C18H24N2O/c1-5-19-18(16-9-13(2)20-14(3)10-16)12-15-7-6-8-17(11-15)21-4/h6-11,18-19H,5,12H2,1-4H3. The van der Waals surface area contributed by atoms with Crippen molar-refractivity contribution in [1.29, 1.82) is 0 Å². The van der Waals surface area contributed by atoms with Crippen LogP contribution in [0.1, 0.15) is 35.5 Å². The molecule has 0 aliphatic heterocycles. The van der Waals surface area contributed by atoms with Crippen molar-refractivity contribution in [2.75, 3.05) is 13.7 Å². The van der Waals surface area contributed by atoms with Gasteiger partial charge in [-0.1, -0.05) is 19.1 Å². The van der Waals surface area contributed by atoms with Crippen LogP contribution in [0.4, 0.5) is 0 Å². The molecule has 1 aromatic carbocycles. The SMILES string of the molecule is CCNC(Cc1cccc(OC)c1)c1cc(C)nc(C)c1. The fourth-order valence-electron chi connectivity index (χ4n) is 2.66. The number of ether oxygens (including phenoxy) is 1. The van der Waals surface area contributed by atoms with Crippen molar-refractivity contribution in [2.45, 2.75) is 33.2 Å². The van der Waals surface area contributed by atoms with Gasteiger partial charge in [0.1, 0.15) is 5.75 Å². The summed E-state index contributed by atoms with van der Waals surface area (Å²) in [6, 6.07) is 12.9. The van der Waals surface area contributed by atoms with Gasteiger partial charge in [-0.2, -0.15) is 0 Å². The third-order valence-corrected chi connectivity index (χ3v) is 3.53. The number of benzene rings is 1. The van der Waals surface area contributed by atoms with Gasteiger partial charge in [-0.3, -0.25) is 4.98 Å². The summed E-state index contributed by atoms with van der Waals surface area (Å²) in [5.41, 5.74) is 4.70. The van der Waals surface area contributed by atoms with Crippen molar-refractivity contribution >= 4 is 0 Å². The minimum Gasteiger partial charge on any atom is -0.497 e. The molecule has 0 aliphatic rings. The highest BCUT2D eigenvalue weighted by molar-refractivity contribution is 5.31. The van der Waals surface area contributed by atoms with Crippen molar-refractivity contribution in [3.05, 3.63) is 58.9 Å². The first-order chi connectivity index (χ1) is 10.1. The van der Waals surface area contributed by atoms with E-state index in [2.05, 4.69) is 41.5 Å². The first kappa shape index (κ1) is 15.5. The molecule has 112 valence electrons. The summed E-state index contributed by atoms with van der Waals surface area (Å²) in [6.07, 6.45) is 0.938. The van der Waals surface area contributed by atoms with Crippen LogP contribution in [0.25, 0.3) is 0 Å².